The Morgan fingerprint density at radius 1 is 0.969 bits per heavy atom. The first-order chi connectivity index (χ1) is 15.4. The molecule has 3 aromatic rings. The van der Waals surface area contributed by atoms with Crippen LogP contribution >= 0.6 is 46.1 Å². The van der Waals surface area contributed by atoms with Crippen molar-refractivity contribution < 1.29 is 9.59 Å². The lowest BCUT2D eigenvalue weighted by molar-refractivity contribution is 0.0754. The molecule has 1 saturated heterocycles. The highest BCUT2D eigenvalue weighted by Crippen LogP contribution is 2.34. The quantitative estimate of drug-likeness (QED) is 0.444. The van der Waals surface area contributed by atoms with Gasteiger partial charge in [0.1, 0.15) is 4.88 Å². The van der Waals surface area contributed by atoms with Gasteiger partial charge in [-0.1, -0.05) is 52.6 Å². The topological polar surface area (TPSA) is 65.5 Å². The van der Waals surface area contributed by atoms with Crippen LogP contribution < -0.4 is 10.3 Å². The van der Waals surface area contributed by atoms with Crippen LogP contribution in [-0.4, -0.2) is 34.9 Å². The van der Waals surface area contributed by atoms with Gasteiger partial charge in [0.15, 0.2) is 5.13 Å². The Labute approximate surface area is 204 Å². The molecular weight excluding hydrogens is 491 g/mol. The zero-order chi connectivity index (χ0) is 22.7. The first kappa shape index (κ1) is 23.0. The molecule has 0 spiro atoms. The molecule has 10 heteroatoms. The van der Waals surface area contributed by atoms with Crippen molar-refractivity contribution in [2.45, 2.75) is 19.3 Å². The van der Waals surface area contributed by atoms with E-state index >= 15 is 0 Å². The van der Waals surface area contributed by atoms with Crippen molar-refractivity contribution in [2.24, 2.45) is 0 Å². The Morgan fingerprint density at radius 3 is 2.34 bits per heavy atom. The summed E-state index contributed by atoms with van der Waals surface area (Å²) >= 11 is 19.4. The molecule has 1 fully saturated rings. The van der Waals surface area contributed by atoms with E-state index in [9.17, 15) is 9.59 Å². The molecule has 0 bridgehead atoms. The molecule has 4 rings (SSSR count). The number of hydrogen-bond donors (Lipinski definition) is 1. The number of nitrogens with zero attached hydrogens (tertiary/aromatic N) is 3. The van der Waals surface area contributed by atoms with E-state index in [0.717, 1.165) is 37.3 Å². The summed E-state index contributed by atoms with van der Waals surface area (Å²) < 4.78 is 0. The van der Waals surface area contributed by atoms with Gasteiger partial charge in [-0.25, -0.2) is 9.99 Å². The van der Waals surface area contributed by atoms with E-state index in [2.05, 4.69) is 10.4 Å². The Kier molecular flexibility index (Phi) is 7.33. The molecular formula is C22H19Cl3N4O2S. The lowest BCUT2D eigenvalue weighted by atomic mass is 10.2. The van der Waals surface area contributed by atoms with E-state index < -0.39 is 5.91 Å². The van der Waals surface area contributed by atoms with Crippen LogP contribution in [0.5, 0.6) is 0 Å². The molecule has 0 unspecified atom stereocenters. The summed E-state index contributed by atoms with van der Waals surface area (Å²) in [4.78, 5) is 32.4. The molecule has 166 valence electrons. The average molecular weight is 510 g/mol. The van der Waals surface area contributed by atoms with Crippen molar-refractivity contribution >= 4 is 68.8 Å². The Bertz CT molecular complexity index is 1130. The summed E-state index contributed by atoms with van der Waals surface area (Å²) in [5, 5.41) is 3.44. The van der Waals surface area contributed by atoms with Crippen LogP contribution in [0.2, 0.25) is 15.1 Å². The summed E-state index contributed by atoms with van der Waals surface area (Å²) in [6.07, 6.45) is 4.74. The molecule has 0 saturated carbocycles. The summed E-state index contributed by atoms with van der Waals surface area (Å²) in [5.41, 5.74) is 3.73. The minimum absolute atomic E-state index is 0.223. The van der Waals surface area contributed by atoms with E-state index in [1.165, 1.54) is 23.6 Å². The van der Waals surface area contributed by atoms with Crippen molar-refractivity contribution in [1.82, 2.24) is 15.4 Å². The second kappa shape index (κ2) is 10.2. The van der Waals surface area contributed by atoms with Crippen LogP contribution in [-0.2, 0) is 0 Å². The molecule has 1 aliphatic heterocycles. The van der Waals surface area contributed by atoms with Crippen LogP contribution in [0.1, 0.15) is 39.3 Å². The number of aromatic nitrogens is 1. The molecule has 1 aliphatic rings. The van der Waals surface area contributed by atoms with Gasteiger partial charge in [0, 0.05) is 23.1 Å². The molecule has 2 aromatic carbocycles. The highest BCUT2D eigenvalue weighted by Gasteiger charge is 2.26. The van der Waals surface area contributed by atoms with Gasteiger partial charge >= 0.3 is 0 Å². The van der Waals surface area contributed by atoms with Crippen molar-refractivity contribution in [3.8, 4) is 0 Å². The SMILES string of the molecule is O=C(NN1CCCCC1)c1cnc(N(C(=O)c2ccc(Cl)cc2Cl)c2ccc(Cl)cc2)s1. The molecule has 0 radical (unpaired) electrons. The number of carbonyl (C=O) groups is 2. The fourth-order valence-corrected chi connectivity index (χ4v) is 4.81. The number of piperidine rings is 1. The zero-order valence-corrected chi connectivity index (χ0v) is 19.9. The normalized spacial score (nSPS) is 14.2. The van der Waals surface area contributed by atoms with Crippen LogP contribution in [0.4, 0.5) is 10.8 Å². The standard InChI is InChI=1S/C22H19Cl3N4O2S/c23-14-4-7-16(8-5-14)29(21(31)17-9-6-15(24)12-18(17)25)22-26-13-19(32-22)20(30)27-28-10-2-1-3-11-28/h4-9,12-13H,1-3,10-11H2,(H,27,30). The Balaban J connectivity index is 1.65. The van der Waals surface area contributed by atoms with Gasteiger partial charge in [0.25, 0.3) is 11.8 Å². The third-order valence-electron chi connectivity index (χ3n) is 4.97. The van der Waals surface area contributed by atoms with Gasteiger partial charge in [0.05, 0.1) is 22.5 Å². The third kappa shape index (κ3) is 5.24. The van der Waals surface area contributed by atoms with Gasteiger partial charge < -0.3 is 0 Å². The number of benzene rings is 2. The predicted molar refractivity (Wildman–Crippen MR) is 129 cm³/mol. The zero-order valence-electron chi connectivity index (χ0n) is 16.9. The molecule has 1 N–H and O–H groups in total. The number of amides is 2. The number of anilines is 2. The van der Waals surface area contributed by atoms with Crippen LogP contribution in [0.15, 0.2) is 48.7 Å². The van der Waals surface area contributed by atoms with Crippen molar-refractivity contribution in [3.05, 3.63) is 74.2 Å². The molecule has 32 heavy (non-hydrogen) atoms. The number of carbonyl (C=O) groups excluding carboxylic acids is 2. The van der Waals surface area contributed by atoms with Crippen LogP contribution in [0.25, 0.3) is 0 Å². The summed E-state index contributed by atoms with van der Waals surface area (Å²) in [5.74, 6) is -0.644. The van der Waals surface area contributed by atoms with Gasteiger partial charge in [-0.15, -0.1) is 0 Å². The highest BCUT2D eigenvalue weighted by molar-refractivity contribution is 7.17. The minimum atomic E-state index is -0.397. The molecule has 2 heterocycles. The number of nitrogens with one attached hydrogen (secondary N) is 1. The maximum atomic E-state index is 13.5. The fourth-order valence-electron chi connectivity index (χ4n) is 3.37. The van der Waals surface area contributed by atoms with Crippen LogP contribution in [0, 0.1) is 0 Å². The number of hydrogen-bond acceptors (Lipinski definition) is 5. The Hall–Kier alpha value is -2.16. The third-order valence-corrected chi connectivity index (χ3v) is 6.75. The van der Waals surface area contributed by atoms with Crippen molar-refractivity contribution in [2.75, 3.05) is 18.0 Å². The van der Waals surface area contributed by atoms with Gasteiger partial charge in [-0.3, -0.25) is 19.9 Å². The monoisotopic (exact) mass is 508 g/mol. The van der Waals surface area contributed by atoms with E-state index in [4.69, 9.17) is 34.8 Å². The Morgan fingerprint density at radius 2 is 1.66 bits per heavy atom. The van der Waals surface area contributed by atoms with Crippen molar-refractivity contribution in [3.63, 3.8) is 0 Å². The molecule has 6 nitrogen and oxygen atoms in total. The van der Waals surface area contributed by atoms with Crippen molar-refractivity contribution in [1.29, 1.82) is 0 Å². The van der Waals surface area contributed by atoms with E-state index in [0.29, 0.717) is 25.7 Å². The lowest BCUT2D eigenvalue weighted by Gasteiger charge is -2.26. The summed E-state index contributed by atoms with van der Waals surface area (Å²) in [6.45, 7) is 1.64. The highest BCUT2D eigenvalue weighted by atomic mass is 35.5. The average Bonchev–Trinajstić information content (AvgIpc) is 3.26. The first-order valence-electron chi connectivity index (χ1n) is 9.99. The summed E-state index contributed by atoms with van der Waals surface area (Å²) in [6, 6.07) is 11.4. The van der Waals surface area contributed by atoms with Gasteiger partial charge in [0.2, 0.25) is 0 Å². The summed E-state index contributed by atoms with van der Waals surface area (Å²) in [7, 11) is 0. The molecule has 0 atom stereocenters. The van der Waals surface area contributed by atoms with E-state index in [1.807, 2.05) is 5.01 Å². The van der Waals surface area contributed by atoms with Gasteiger partial charge in [-0.05, 0) is 55.3 Å². The van der Waals surface area contributed by atoms with Gasteiger partial charge in [-0.2, -0.15) is 0 Å². The number of thiazole rings is 1. The number of rotatable bonds is 5. The number of halogens is 3. The van der Waals surface area contributed by atoms with Crippen LogP contribution in [0.3, 0.4) is 0 Å². The fraction of sp³-hybridized carbons (Fsp3) is 0.227. The van der Waals surface area contributed by atoms with E-state index in [1.54, 1.807) is 36.4 Å². The number of hydrazine groups is 1. The maximum Gasteiger partial charge on any atom is 0.277 e. The molecule has 1 aromatic heterocycles. The smallest absolute Gasteiger partial charge is 0.277 e. The minimum Gasteiger partial charge on any atom is -0.284 e. The van der Waals surface area contributed by atoms with E-state index in [-0.39, 0.29) is 16.5 Å². The largest absolute Gasteiger partial charge is 0.284 e. The second-order valence-corrected chi connectivity index (χ2v) is 9.53. The lowest BCUT2D eigenvalue weighted by Crippen LogP contribution is -2.44. The maximum absolute atomic E-state index is 13.5. The molecule has 2 amide bonds. The molecule has 0 aliphatic carbocycles. The second-order valence-electron chi connectivity index (χ2n) is 7.24. The first-order valence-corrected chi connectivity index (χ1v) is 11.9. The predicted octanol–water partition coefficient (Wildman–Crippen LogP) is 6.21.